The van der Waals surface area contributed by atoms with Gasteiger partial charge in [-0.05, 0) is 55.3 Å². The first kappa shape index (κ1) is 24.8. The zero-order chi connectivity index (χ0) is 25.1. The molecule has 0 amide bonds. The number of thiazole rings is 1. The molecular weight excluding hydrogens is 488 g/mol. The van der Waals surface area contributed by atoms with Crippen molar-refractivity contribution in [2.24, 2.45) is 4.99 Å². The number of esters is 1. The highest BCUT2D eigenvalue weighted by molar-refractivity contribution is 7.07. The summed E-state index contributed by atoms with van der Waals surface area (Å²) in [6.07, 6.45) is 2.98. The van der Waals surface area contributed by atoms with E-state index in [0.717, 1.165) is 6.42 Å². The third-order valence-corrected chi connectivity index (χ3v) is 6.76. The van der Waals surface area contributed by atoms with Crippen LogP contribution in [0.1, 0.15) is 43.9 Å². The second-order valence-electron chi connectivity index (χ2n) is 7.89. The molecule has 0 spiro atoms. The fourth-order valence-electron chi connectivity index (χ4n) is 4.10. The van der Waals surface area contributed by atoms with Crippen molar-refractivity contribution in [3.63, 3.8) is 0 Å². The Morgan fingerprint density at radius 2 is 2.06 bits per heavy atom. The van der Waals surface area contributed by atoms with Gasteiger partial charge in [-0.3, -0.25) is 9.36 Å². The summed E-state index contributed by atoms with van der Waals surface area (Å²) in [5, 5.41) is 10.3. The molecule has 35 heavy (non-hydrogen) atoms. The molecule has 0 bridgehead atoms. The Balaban J connectivity index is 2.06. The van der Waals surface area contributed by atoms with Crippen molar-refractivity contribution in [3.8, 4) is 11.5 Å². The van der Waals surface area contributed by atoms with E-state index in [1.807, 2.05) is 6.92 Å². The molecule has 7 nitrogen and oxygen atoms in total. The SMILES string of the molecule is CCCC1=C(C(=O)OCC)[C@H](c2cc(Cl)ccc2OC)n2c(s/c(=C/c3cccc(O)c3)c2=O)=N1. The molecule has 1 aliphatic heterocycles. The van der Waals surface area contributed by atoms with Gasteiger partial charge in [0.1, 0.15) is 17.5 Å². The van der Waals surface area contributed by atoms with E-state index >= 15 is 0 Å². The molecule has 0 saturated heterocycles. The Labute approximate surface area is 211 Å². The largest absolute Gasteiger partial charge is 0.508 e. The minimum atomic E-state index is -0.827. The average molecular weight is 513 g/mol. The van der Waals surface area contributed by atoms with E-state index in [1.165, 1.54) is 23.0 Å². The molecule has 2 aromatic carbocycles. The molecule has 9 heteroatoms. The number of carbonyl (C=O) groups excluding carboxylic acids is 1. The van der Waals surface area contributed by atoms with E-state index in [0.29, 0.717) is 48.9 Å². The van der Waals surface area contributed by atoms with Gasteiger partial charge in [0.25, 0.3) is 5.56 Å². The molecule has 3 aromatic rings. The standard InChI is InChI=1S/C26H25ClN2O5S/c1-4-7-19-22(25(32)34-5-2)23(18-14-16(27)10-11-20(18)33-3)29-24(31)21(35-26(29)28-19)13-15-8-6-9-17(30)12-15/h6,8-14,23,30H,4-5,7H2,1-3H3/b21-13+/t23-/m0/s1. The number of hydrogen-bond donors (Lipinski definition) is 1. The van der Waals surface area contributed by atoms with Gasteiger partial charge in [-0.25, -0.2) is 9.79 Å². The molecule has 1 aromatic heterocycles. The fraction of sp³-hybridized carbons (Fsp3) is 0.269. The van der Waals surface area contributed by atoms with Crippen molar-refractivity contribution in [3.05, 3.63) is 89.6 Å². The summed E-state index contributed by atoms with van der Waals surface area (Å²) in [5.74, 6) is 0.0541. The van der Waals surface area contributed by atoms with Gasteiger partial charge in [0.15, 0.2) is 4.80 Å². The van der Waals surface area contributed by atoms with Gasteiger partial charge in [-0.15, -0.1) is 0 Å². The van der Waals surface area contributed by atoms with E-state index in [9.17, 15) is 14.7 Å². The molecule has 0 aliphatic carbocycles. The van der Waals surface area contributed by atoms with Crippen LogP contribution in [0.15, 0.2) is 63.5 Å². The van der Waals surface area contributed by atoms with Gasteiger partial charge in [0.05, 0.1) is 29.5 Å². The number of methoxy groups -OCH3 is 1. The van der Waals surface area contributed by atoms with Crippen molar-refractivity contribution in [2.75, 3.05) is 13.7 Å². The number of phenolic OH excluding ortho intramolecular Hbond substituents is 1. The highest BCUT2D eigenvalue weighted by Gasteiger charge is 2.36. The van der Waals surface area contributed by atoms with Gasteiger partial charge in [0, 0.05) is 10.6 Å². The second-order valence-corrected chi connectivity index (χ2v) is 9.34. The molecule has 0 radical (unpaired) electrons. The Morgan fingerprint density at radius 1 is 1.26 bits per heavy atom. The summed E-state index contributed by atoms with van der Waals surface area (Å²) in [4.78, 5) is 32.2. The van der Waals surface area contributed by atoms with E-state index in [1.54, 1.807) is 55.5 Å². The molecule has 0 unspecified atom stereocenters. The number of fused-ring (bicyclic) bond motifs is 1. The summed E-state index contributed by atoms with van der Waals surface area (Å²) >= 11 is 7.57. The lowest BCUT2D eigenvalue weighted by molar-refractivity contribution is -0.139. The number of aromatic nitrogens is 1. The minimum Gasteiger partial charge on any atom is -0.508 e. The highest BCUT2D eigenvalue weighted by atomic mass is 35.5. The second kappa shape index (κ2) is 10.5. The number of carbonyl (C=O) groups is 1. The first-order valence-electron chi connectivity index (χ1n) is 11.2. The van der Waals surface area contributed by atoms with Crippen LogP contribution in [0.3, 0.4) is 0 Å². The van der Waals surface area contributed by atoms with Crippen LogP contribution in [0.2, 0.25) is 5.02 Å². The van der Waals surface area contributed by atoms with Crippen LogP contribution >= 0.6 is 22.9 Å². The van der Waals surface area contributed by atoms with Crippen LogP contribution in [0.5, 0.6) is 11.5 Å². The van der Waals surface area contributed by atoms with Gasteiger partial charge < -0.3 is 14.6 Å². The van der Waals surface area contributed by atoms with E-state index < -0.39 is 12.0 Å². The number of phenols is 1. The summed E-state index contributed by atoms with van der Waals surface area (Å²) in [6, 6.07) is 10.9. The predicted molar refractivity (Wildman–Crippen MR) is 136 cm³/mol. The number of ether oxygens (including phenoxy) is 2. The van der Waals surface area contributed by atoms with Crippen LogP contribution < -0.4 is 19.6 Å². The lowest BCUT2D eigenvalue weighted by atomic mass is 9.93. The Kier molecular flexibility index (Phi) is 7.42. The lowest BCUT2D eigenvalue weighted by Gasteiger charge is -2.27. The van der Waals surface area contributed by atoms with Gasteiger partial charge in [-0.1, -0.05) is 48.4 Å². The van der Waals surface area contributed by atoms with Crippen molar-refractivity contribution >= 4 is 35.0 Å². The predicted octanol–water partition coefficient (Wildman–Crippen LogP) is 3.95. The molecule has 182 valence electrons. The monoisotopic (exact) mass is 512 g/mol. The quantitative estimate of drug-likeness (QED) is 0.484. The zero-order valence-electron chi connectivity index (χ0n) is 19.6. The molecule has 0 saturated carbocycles. The van der Waals surface area contributed by atoms with Crippen molar-refractivity contribution < 1.29 is 19.4 Å². The number of aromatic hydroxyl groups is 1. The molecule has 1 N–H and O–H groups in total. The van der Waals surface area contributed by atoms with Gasteiger partial charge in [0.2, 0.25) is 0 Å². The topological polar surface area (TPSA) is 90.1 Å². The van der Waals surface area contributed by atoms with Crippen molar-refractivity contribution in [1.82, 2.24) is 4.57 Å². The summed E-state index contributed by atoms with van der Waals surface area (Å²) in [7, 11) is 1.53. The number of hydrogen-bond acceptors (Lipinski definition) is 7. The van der Waals surface area contributed by atoms with Crippen LogP contribution in [0.4, 0.5) is 0 Å². The van der Waals surface area contributed by atoms with Gasteiger partial charge in [-0.2, -0.15) is 0 Å². The Hall–Kier alpha value is -3.36. The number of allylic oxidation sites excluding steroid dienone is 1. The van der Waals surface area contributed by atoms with Crippen LogP contribution in [0, 0.1) is 0 Å². The fourth-order valence-corrected chi connectivity index (χ4v) is 5.30. The molecule has 2 heterocycles. The summed E-state index contributed by atoms with van der Waals surface area (Å²) in [6.45, 7) is 3.91. The van der Waals surface area contributed by atoms with Crippen molar-refractivity contribution in [2.45, 2.75) is 32.7 Å². The van der Waals surface area contributed by atoms with Crippen LogP contribution in [0.25, 0.3) is 6.08 Å². The number of rotatable bonds is 7. The van der Waals surface area contributed by atoms with Gasteiger partial charge >= 0.3 is 5.97 Å². The van der Waals surface area contributed by atoms with E-state index in [-0.39, 0.29) is 17.9 Å². The molecule has 1 aliphatic rings. The number of halogens is 1. The maximum absolute atomic E-state index is 13.7. The van der Waals surface area contributed by atoms with Crippen LogP contribution in [-0.2, 0) is 9.53 Å². The Morgan fingerprint density at radius 3 is 2.74 bits per heavy atom. The summed E-state index contributed by atoms with van der Waals surface area (Å²) in [5.41, 5.74) is 1.79. The first-order chi connectivity index (χ1) is 16.9. The maximum Gasteiger partial charge on any atom is 0.338 e. The average Bonchev–Trinajstić information content (AvgIpc) is 3.13. The smallest absolute Gasteiger partial charge is 0.338 e. The molecular formula is C26H25ClN2O5S. The number of nitrogens with zero attached hydrogens (tertiary/aromatic N) is 2. The highest BCUT2D eigenvalue weighted by Crippen LogP contribution is 2.38. The normalized spacial score (nSPS) is 15.5. The Bertz CT molecular complexity index is 1490. The maximum atomic E-state index is 13.7. The molecule has 1 atom stereocenters. The van der Waals surface area contributed by atoms with E-state index in [2.05, 4.69) is 0 Å². The first-order valence-corrected chi connectivity index (χ1v) is 12.4. The van der Waals surface area contributed by atoms with Crippen LogP contribution in [-0.4, -0.2) is 29.4 Å². The number of benzene rings is 2. The summed E-state index contributed by atoms with van der Waals surface area (Å²) < 4.78 is 12.9. The third kappa shape index (κ3) is 4.90. The molecule has 4 rings (SSSR count). The minimum absolute atomic E-state index is 0.0999. The van der Waals surface area contributed by atoms with E-state index in [4.69, 9.17) is 26.1 Å². The molecule has 0 fully saturated rings. The third-order valence-electron chi connectivity index (χ3n) is 5.55. The zero-order valence-corrected chi connectivity index (χ0v) is 21.2. The lowest BCUT2D eigenvalue weighted by Crippen LogP contribution is -2.40. The van der Waals surface area contributed by atoms with Crippen molar-refractivity contribution in [1.29, 1.82) is 0 Å².